The quantitative estimate of drug-likeness (QED) is 0.860. The van der Waals surface area contributed by atoms with E-state index in [2.05, 4.69) is 17.2 Å². The van der Waals surface area contributed by atoms with E-state index in [1.807, 2.05) is 42.1 Å². The summed E-state index contributed by atoms with van der Waals surface area (Å²) in [6.07, 6.45) is 4.72. The molecule has 2 rings (SSSR count). The summed E-state index contributed by atoms with van der Waals surface area (Å²) in [5.41, 5.74) is 1.07. The minimum absolute atomic E-state index is 0.756. The second-order valence-corrected chi connectivity index (χ2v) is 3.71. The number of ether oxygens (including phenoxy) is 1. The van der Waals surface area contributed by atoms with Crippen molar-refractivity contribution in [1.29, 1.82) is 0 Å². The van der Waals surface area contributed by atoms with Crippen molar-refractivity contribution in [3.8, 4) is 11.4 Å². The lowest BCUT2D eigenvalue weighted by molar-refractivity contribution is 0.317. The molecule has 0 atom stereocenters. The van der Waals surface area contributed by atoms with E-state index in [4.69, 9.17) is 4.74 Å². The number of rotatable bonds is 5. The summed E-state index contributed by atoms with van der Waals surface area (Å²) in [5.74, 6) is 1.73. The molecule has 17 heavy (non-hydrogen) atoms. The van der Waals surface area contributed by atoms with Crippen molar-refractivity contribution in [2.75, 3.05) is 19.0 Å². The molecule has 0 saturated heterocycles. The molecule has 0 radical (unpaired) electrons. The maximum atomic E-state index is 5.54. The first-order valence-electron chi connectivity index (χ1n) is 5.79. The fraction of sp³-hybridized carbons (Fsp3) is 0.308. The summed E-state index contributed by atoms with van der Waals surface area (Å²) in [5, 5.41) is 3.04. The van der Waals surface area contributed by atoms with Gasteiger partial charge in [0.25, 0.3) is 0 Å². The molecule has 0 aliphatic carbocycles. The van der Waals surface area contributed by atoms with Gasteiger partial charge in [0.15, 0.2) is 0 Å². The summed E-state index contributed by atoms with van der Waals surface area (Å²) in [4.78, 5) is 4.20. The number of anilines is 1. The Hall–Kier alpha value is -1.97. The van der Waals surface area contributed by atoms with E-state index in [0.717, 1.165) is 30.4 Å². The van der Waals surface area contributed by atoms with Crippen LogP contribution in [0.15, 0.2) is 36.7 Å². The SMILES string of the molecule is CCCOc1ccc(-n2ccnc2NC)cc1. The molecular formula is C13H17N3O. The largest absolute Gasteiger partial charge is 0.494 e. The highest BCUT2D eigenvalue weighted by atomic mass is 16.5. The molecule has 90 valence electrons. The molecule has 1 aromatic heterocycles. The van der Waals surface area contributed by atoms with Gasteiger partial charge in [-0.2, -0.15) is 0 Å². The van der Waals surface area contributed by atoms with Crippen LogP contribution in [0.25, 0.3) is 5.69 Å². The maximum Gasteiger partial charge on any atom is 0.207 e. The van der Waals surface area contributed by atoms with E-state index in [1.165, 1.54) is 0 Å². The first kappa shape index (κ1) is 11.5. The minimum Gasteiger partial charge on any atom is -0.494 e. The smallest absolute Gasteiger partial charge is 0.207 e. The van der Waals surface area contributed by atoms with E-state index in [9.17, 15) is 0 Å². The van der Waals surface area contributed by atoms with Crippen molar-refractivity contribution in [3.05, 3.63) is 36.7 Å². The second kappa shape index (κ2) is 5.39. The molecule has 1 N–H and O–H groups in total. The molecule has 2 aromatic rings. The molecule has 0 spiro atoms. The van der Waals surface area contributed by atoms with Gasteiger partial charge in [-0.25, -0.2) is 4.98 Å². The first-order chi connectivity index (χ1) is 8.35. The molecule has 0 bridgehead atoms. The van der Waals surface area contributed by atoms with Gasteiger partial charge in [-0.05, 0) is 30.7 Å². The topological polar surface area (TPSA) is 39.1 Å². The van der Waals surface area contributed by atoms with Crippen LogP contribution in [0, 0.1) is 0 Å². The van der Waals surface area contributed by atoms with Crippen molar-refractivity contribution in [2.45, 2.75) is 13.3 Å². The summed E-state index contributed by atoms with van der Waals surface area (Å²) in [6, 6.07) is 8.00. The monoisotopic (exact) mass is 231 g/mol. The van der Waals surface area contributed by atoms with Crippen LogP contribution in [0.3, 0.4) is 0 Å². The van der Waals surface area contributed by atoms with Gasteiger partial charge in [0.1, 0.15) is 5.75 Å². The van der Waals surface area contributed by atoms with E-state index >= 15 is 0 Å². The molecule has 0 aliphatic rings. The molecule has 0 fully saturated rings. The number of hydrogen-bond acceptors (Lipinski definition) is 3. The maximum absolute atomic E-state index is 5.54. The van der Waals surface area contributed by atoms with Gasteiger partial charge < -0.3 is 10.1 Å². The number of nitrogens with zero attached hydrogens (tertiary/aromatic N) is 2. The third-order valence-electron chi connectivity index (χ3n) is 2.45. The van der Waals surface area contributed by atoms with Crippen LogP contribution < -0.4 is 10.1 Å². The van der Waals surface area contributed by atoms with Crippen molar-refractivity contribution in [1.82, 2.24) is 9.55 Å². The molecule has 1 aromatic carbocycles. The average molecular weight is 231 g/mol. The highest BCUT2D eigenvalue weighted by Crippen LogP contribution is 2.18. The lowest BCUT2D eigenvalue weighted by Gasteiger charge is -2.08. The third kappa shape index (κ3) is 2.58. The van der Waals surface area contributed by atoms with Gasteiger partial charge in [-0.3, -0.25) is 4.57 Å². The zero-order valence-electron chi connectivity index (χ0n) is 10.2. The Morgan fingerprint density at radius 1 is 1.29 bits per heavy atom. The molecular weight excluding hydrogens is 214 g/mol. The molecule has 0 unspecified atom stereocenters. The van der Waals surface area contributed by atoms with E-state index < -0.39 is 0 Å². The fourth-order valence-electron chi connectivity index (χ4n) is 1.62. The van der Waals surface area contributed by atoms with Gasteiger partial charge >= 0.3 is 0 Å². The Kier molecular flexibility index (Phi) is 3.65. The summed E-state index contributed by atoms with van der Waals surface area (Å²) < 4.78 is 7.53. The van der Waals surface area contributed by atoms with E-state index in [0.29, 0.717) is 0 Å². The highest BCUT2D eigenvalue weighted by Gasteiger charge is 2.02. The molecule has 1 heterocycles. The fourth-order valence-corrected chi connectivity index (χ4v) is 1.62. The van der Waals surface area contributed by atoms with Crippen LogP contribution in [-0.2, 0) is 0 Å². The molecule has 4 nitrogen and oxygen atoms in total. The van der Waals surface area contributed by atoms with Crippen molar-refractivity contribution >= 4 is 5.95 Å². The van der Waals surface area contributed by atoms with Crippen LogP contribution >= 0.6 is 0 Å². The Bertz CT molecular complexity index is 462. The minimum atomic E-state index is 0.756. The molecule has 0 amide bonds. The van der Waals surface area contributed by atoms with Gasteiger partial charge in [-0.1, -0.05) is 6.92 Å². The Labute approximate surface area is 101 Å². The van der Waals surface area contributed by atoms with Crippen LogP contribution in [0.1, 0.15) is 13.3 Å². The standard InChI is InChI=1S/C13H17N3O/c1-3-10-17-12-6-4-11(5-7-12)16-9-8-15-13(16)14-2/h4-9H,3,10H2,1-2H3,(H,14,15). The van der Waals surface area contributed by atoms with E-state index in [1.54, 1.807) is 6.20 Å². The van der Waals surface area contributed by atoms with Crippen molar-refractivity contribution < 1.29 is 4.74 Å². The Morgan fingerprint density at radius 2 is 2.06 bits per heavy atom. The summed E-state index contributed by atoms with van der Waals surface area (Å²) in [6.45, 7) is 2.85. The number of imidazole rings is 1. The Balaban J connectivity index is 2.17. The van der Waals surface area contributed by atoms with Crippen LogP contribution in [0.5, 0.6) is 5.75 Å². The summed E-state index contributed by atoms with van der Waals surface area (Å²) >= 11 is 0. The molecule has 0 saturated carbocycles. The Morgan fingerprint density at radius 3 is 2.71 bits per heavy atom. The van der Waals surface area contributed by atoms with Crippen LogP contribution in [0.2, 0.25) is 0 Å². The first-order valence-corrected chi connectivity index (χ1v) is 5.79. The lowest BCUT2D eigenvalue weighted by atomic mass is 10.3. The summed E-state index contributed by atoms with van der Waals surface area (Å²) in [7, 11) is 1.86. The zero-order chi connectivity index (χ0) is 12.1. The number of aromatic nitrogens is 2. The third-order valence-corrected chi connectivity index (χ3v) is 2.45. The van der Waals surface area contributed by atoms with Gasteiger partial charge in [-0.15, -0.1) is 0 Å². The van der Waals surface area contributed by atoms with Crippen molar-refractivity contribution in [3.63, 3.8) is 0 Å². The predicted molar refractivity (Wildman–Crippen MR) is 68.9 cm³/mol. The number of hydrogen-bond donors (Lipinski definition) is 1. The van der Waals surface area contributed by atoms with Crippen LogP contribution in [0.4, 0.5) is 5.95 Å². The van der Waals surface area contributed by atoms with Gasteiger partial charge in [0, 0.05) is 25.1 Å². The highest BCUT2D eigenvalue weighted by molar-refractivity contribution is 5.43. The molecule has 4 heteroatoms. The van der Waals surface area contributed by atoms with Crippen molar-refractivity contribution in [2.24, 2.45) is 0 Å². The van der Waals surface area contributed by atoms with E-state index in [-0.39, 0.29) is 0 Å². The molecule has 0 aliphatic heterocycles. The zero-order valence-corrected chi connectivity index (χ0v) is 10.2. The van der Waals surface area contributed by atoms with Gasteiger partial charge in [0.2, 0.25) is 5.95 Å². The van der Waals surface area contributed by atoms with Crippen LogP contribution in [-0.4, -0.2) is 23.2 Å². The average Bonchev–Trinajstić information content (AvgIpc) is 2.85. The number of benzene rings is 1. The van der Waals surface area contributed by atoms with Gasteiger partial charge in [0.05, 0.1) is 6.61 Å². The predicted octanol–water partition coefficient (Wildman–Crippen LogP) is 2.70. The normalized spacial score (nSPS) is 10.2. The lowest BCUT2D eigenvalue weighted by Crippen LogP contribution is -2.00. The number of nitrogens with one attached hydrogen (secondary N) is 1. The second-order valence-electron chi connectivity index (χ2n) is 3.71.